The quantitative estimate of drug-likeness (QED) is 0.712. The predicted molar refractivity (Wildman–Crippen MR) is 82.5 cm³/mol. The molecule has 0 aromatic heterocycles. The number of nitrogens with one attached hydrogen (secondary N) is 1. The molecule has 19 heavy (non-hydrogen) atoms. The summed E-state index contributed by atoms with van der Waals surface area (Å²) in [5.74, 6) is 0. The molecular weight excluding hydrogens is 236 g/mol. The molecular formula is C16H34N2O. The van der Waals surface area contributed by atoms with Gasteiger partial charge in [0.15, 0.2) is 0 Å². The van der Waals surface area contributed by atoms with Crippen LogP contribution in [0.25, 0.3) is 0 Å². The van der Waals surface area contributed by atoms with Crippen molar-refractivity contribution in [2.24, 2.45) is 5.41 Å². The van der Waals surface area contributed by atoms with E-state index in [4.69, 9.17) is 0 Å². The van der Waals surface area contributed by atoms with E-state index in [1.54, 1.807) is 0 Å². The zero-order valence-corrected chi connectivity index (χ0v) is 13.6. The van der Waals surface area contributed by atoms with Crippen LogP contribution in [0.5, 0.6) is 0 Å². The van der Waals surface area contributed by atoms with Gasteiger partial charge < -0.3 is 15.3 Å². The fourth-order valence-electron chi connectivity index (χ4n) is 3.34. The van der Waals surface area contributed by atoms with Crippen molar-refractivity contribution < 1.29 is 5.11 Å². The summed E-state index contributed by atoms with van der Waals surface area (Å²) in [7, 11) is 0. The van der Waals surface area contributed by atoms with Gasteiger partial charge in [-0.15, -0.1) is 0 Å². The zero-order chi connectivity index (χ0) is 14.5. The topological polar surface area (TPSA) is 35.5 Å². The highest BCUT2D eigenvalue weighted by atomic mass is 16.3. The normalized spacial score (nSPS) is 22.9. The Morgan fingerprint density at radius 2 is 1.95 bits per heavy atom. The van der Waals surface area contributed by atoms with Gasteiger partial charge in [-0.05, 0) is 51.1 Å². The number of aliphatic hydroxyl groups excluding tert-OH is 1. The lowest BCUT2D eigenvalue weighted by Gasteiger charge is -2.33. The Balaban J connectivity index is 2.44. The fourth-order valence-corrected chi connectivity index (χ4v) is 3.34. The minimum Gasteiger partial charge on any atom is -0.394 e. The standard InChI is InChI=1S/C16H34N2O/c1-6-16(7-2)9-11-18(12-16)10-8-15(5,13-19)17-14(3)4/h14,17,19H,6-13H2,1-5H3. The van der Waals surface area contributed by atoms with Gasteiger partial charge >= 0.3 is 0 Å². The number of hydrogen-bond donors (Lipinski definition) is 2. The highest BCUT2D eigenvalue weighted by Crippen LogP contribution is 2.37. The lowest BCUT2D eigenvalue weighted by Crippen LogP contribution is -2.50. The zero-order valence-electron chi connectivity index (χ0n) is 13.6. The molecule has 0 spiro atoms. The van der Waals surface area contributed by atoms with Crippen molar-refractivity contribution in [3.63, 3.8) is 0 Å². The first-order valence-corrected chi connectivity index (χ1v) is 7.99. The summed E-state index contributed by atoms with van der Waals surface area (Å²) in [6.45, 7) is 14.8. The Hall–Kier alpha value is -0.120. The third-order valence-corrected chi connectivity index (χ3v) is 4.98. The van der Waals surface area contributed by atoms with Crippen LogP contribution in [-0.2, 0) is 0 Å². The maximum absolute atomic E-state index is 9.62. The Bertz CT molecular complexity index is 263. The van der Waals surface area contributed by atoms with Crippen molar-refractivity contribution in [3.8, 4) is 0 Å². The molecule has 0 aromatic rings. The monoisotopic (exact) mass is 270 g/mol. The first-order chi connectivity index (χ1) is 8.88. The van der Waals surface area contributed by atoms with E-state index in [9.17, 15) is 5.11 Å². The molecule has 1 aliphatic rings. The largest absolute Gasteiger partial charge is 0.394 e. The first kappa shape index (κ1) is 16.9. The molecule has 0 amide bonds. The molecule has 1 atom stereocenters. The second kappa shape index (κ2) is 7.05. The van der Waals surface area contributed by atoms with Crippen LogP contribution in [0.2, 0.25) is 0 Å². The Labute approximate surface area is 119 Å². The Morgan fingerprint density at radius 3 is 2.37 bits per heavy atom. The summed E-state index contributed by atoms with van der Waals surface area (Å²) < 4.78 is 0. The van der Waals surface area contributed by atoms with Gasteiger partial charge in [0.05, 0.1) is 6.61 Å². The second-order valence-corrected chi connectivity index (χ2v) is 7.00. The molecule has 3 nitrogen and oxygen atoms in total. The highest BCUT2D eigenvalue weighted by molar-refractivity contribution is 4.90. The molecule has 0 aromatic carbocycles. The Kier molecular flexibility index (Phi) is 6.28. The minimum atomic E-state index is -0.141. The molecule has 0 radical (unpaired) electrons. The molecule has 0 bridgehead atoms. The van der Waals surface area contributed by atoms with Crippen LogP contribution in [-0.4, -0.2) is 47.8 Å². The molecule has 114 valence electrons. The van der Waals surface area contributed by atoms with Crippen molar-refractivity contribution in [2.75, 3.05) is 26.2 Å². The number of nitrogens with zero attached hydrogens (tertiary/aromatic N) is 1. The molecule has 1 saturated heterocycles. The lowest BCUT2D eigenvalue weighted by atomic mass is 9.82. The van der Waals surface area contributed by atoms with E-state index in [2.05, 4.69) is 44.8 Å². The van der Waals surface area contributed by atoms with Gasteiger partial charge in [0, 0.05) is 18.1 Å². The molecule has 0 saturated carbocycles. The van der Waals surface area contributed by atoms with E-state index in [1.807, 2.05) is 0 Å². The molecule has 1 rings (SSSR count). The second-order valence-electron chi connectivity index (χ2n) is 7.00. The van der Waals surface area contributed by atoms with E-state index in [0.717, 1.165) is 13.0 Å². The minimum absolute atomic E-state index is 0.141. The maximum atomic E-state index is 9.62. The van der Waals surface area contributed by atoms with Crippen molar-refractivity contribution in [1.29, 1.82) is 0 Å². The summed E-state index contributed by atoms with van der Waals surface area (Å²) in [4.78, 5) is 2.59. The van der Waals surface area contributed by atoms with E-state index in [-0.39, 0.29) is 12.1 Å². The van der Waals surface area contributed by atoms with Crippen LogP contribution < -0.4 is 5.32 Å². The van der Waals surface area contributed by atoms with Crippen LogP contribution in [0.15, 0.2) is 0 Å². The third-order valence-electron chi connectivity index (χ3n) is 4.98. The molecule has 0 aliphatic carbocycles. The van der Waals surface area contributed by atoms with Gasteiger partial charge in [-0.25, -0.2) is 0 Å². The number of rotatable bonds is 8. The van der Waals surface area contributed by atoms with E-state index < -0.39 is 0 Å². The summed E-state index contributed by atoms with van der Waals surface area (Å²) in [6.07, 6.45) is 4.95. The van der Waals surface area contributed by atoms with Crippen LogP contribution in [0, 0.1) is 5.41 Å². The van der Waals surface area contributed by atoms with Gasteiger partial charge in [-0.2, -0.15) is 0 Å². The number of hydrogen-bond acceptors (Lipinski definition) is 3. The summed E-state index contributed by atoms with van der Waals surface area (Å²) in [5, 5.41) is 13.1. The van der Waals surface area contributed by atoms with Gasteiger partial charge in [0.1, 0.15) is 0 Å². The van der Waals surface area contributed by atoms with Gasteiger partial charge in [0.2, 0.25) is 0 Å². The van der Waals surface area contributed by atoms with Crippen LogP contribution in [0.4, 0.5) is 0 Å². The molecule has 1 fully saturated rings. The number of aliphatic hydroxyl groups is 1. The molecule has 1 aliphatic heterocycles. The number of likely N-dealkylation sites (tertiary alicyclic amines) is 1. The van der Waals surface area contributed by atoms with E-state index in [1.165, 1.54) is 32.4 Å². The molecule has 2 N–H and O–H groups in total. The van der Waals surface area contributed by atoms with Crippen molar-refractivity contribution in [1.82, 2.24) is 10.2 Å². The van der Waals surface area contributed by atoms with Crippen LogP contribution >= 0.6 is 0 Å². The summed E-state index contributed by atoms with van der Waals surface area (Å²) in [6, 6.07) is 0.418. The predicted octanol–water partition coefficient (Wildman–Crippen LogP) is 2.64. The van der Waals surface area contributed by atoms with Gasteiger partial charge in [0.25, 0.3) is 0 Å². The molecule has 3 heteroatoms. The highest BCUT2D eigenvalue weighted by Gasteiger charge is 2.35. The average molecular weight is 270 g/mol. The smallest absolute Gasteiger partial charge is 0.0611 e. The average Bonchev–Trinajstić information content (AvgIpc) is 2.80. The molecule has 1 unspecified atom stereocenters. The SMILES string of the molecule is CCC1(CC)CCN(CCC(C)(CO)NC(C)C)C1. The van der Waals surface area contributed by atoms with E-state index in [0.29, 0.717) is 11.5 Å². The van der Waals surface area contributed by atoms with Gasteiger partial charge in [-0.1, -0.05) is 27.7 Å². The molecule has 1 heterocycles. The van der Waals surface area contributed by atoms with Crippen LogP contribution in [0.3, 0.4) is 0 Å². The third kappa shape index (κ3) is 4.73. The van der Waals surface area contributed by atoms with Gasteiger partial charge in [-0.3, -0.25) is 0 Å². The van der Waals surface area contributed by atoms with Crippen molar-refractivity contribution in [3.05, 3.63) is 0 Å². The van der Waals surface area contributed by atoms with E-state index >= 15 is 0 Å². The summed E-state index contributed by atoms with van der Waals surface area (Å²) >= 11 is 0. The lowest BCUT2D eigenvalue weighted by molar-refractivity contribution is 0.139. The van der Waals surface area contributed by atoms with Crippen LogP contribution in [0.1, 0.15) is 60.3 Å². The summed E-state index contributed by atoms with van der Waals surface area (Å²) in [5.41, 5.74) is 0.416. The van der Waals surface area contributed by atoms with Crippen molar-refractivity contribution in [2.45, 2.75) is 71.9 Å². The Morgan fingerprint density at radius 1 is 1.32 bits per heavy atom. The first-order valence-electron chi connectivity index (χ1n) is 7.99. The fraction of sp³-hybridized carbons (Fsp3) is 1.00. The van der Waals surface area contributed by atoms with Crippen molar-refractivity contribution >= 4 is 0 Å². The maximum Gasteiger partial charge on any atom is 0.0611 e.